The first-order valence-corrected chi connectivity index (χ1v) is 28.8. The molecule has 4 aliphatic rings. The van der Waals surface area contributed by atoms with Crippen molar-refractivity contribution in [1.82, 2.24) is 35.7 Å². The largest absolute Gasteiger partial charge is 0.467 e. The van der Waals surface area contributed by atoms with E-state index in [0.29, 0.717) is 62.6 Å². The van der Waals surface area contributed by atoms with Gasteiger partial charge in [0, 0.05) is 67.6 Å². The molecule has 0 saturated carbocycles. The number of piperazine rings is 1. The molecule has 2 bridgehead atoms. The van der Waals surface area contributed by atoms with Crippen LogP contribution in [0.15, 0.2) is 60.7 Å². The fraction of sp³-hybridized carbons (Fsp3) is 0.467. The monoisotopic (exact) mass is 1170 g/mol. The first-order chi connectivity index (χ1) is 39.7. The molecular formula is C60H69F7N10O5S. The number of ether oxygens (including phenoxy) is 2. The highest BCUT2D eigenvalue weighted by molar-refractivity contribution is 7.23. The molecule has 4 fully saturated rings. The molecule has 6 aromatic rings. The Balaban J connectivity index is 0.000000204. The molecule has 83 heavy (non-hydrogen) atoms. The molecule has 23 heteroatoms. The van der Waals surface area contributed by atoms with Crippen LogP contribution < -0.4 is 31.3 Å². The molecule has 6 heterocycles. The topological polar surface area (TPSA) is 191 Å². The van der Waals surface area contributed by atoms with E-state index >= 15 is 4.39 Å². The lowest BCUT2D eigenvalue weighted by Gasteiger charge is -2.34. The minimum absolute atomic E-state index is 0.0803. The molecule has 4 unspecified atom stereocenters. The van der Waals surface area contributed by atoms with Gasteiger partial charge >= 0.3 is 12.2 Å². The van der Waals surface area contributed by atoms with Crippen LogP contribution in [0.5, 0.6) is 6.01 Å². The van der Waals surface area contributed by atoms with Crippen LogP contribution in [0.2, 0.25) is 0 Å². The van der Waals surface area contributed by atoms with Crippen LogP contribution >= 0.6 is 11.3 Å². The van der Waals surface area contributed by atoms with E-state index in [1.807, 2.05) is 17.9 Å². The van der Waals surface area contributed by atoms with Gasteiger partial charge in [-0.1, -0.05) is 57.2 Å². The van der Waals surface area contributed by atoms with Gasteiger partial charge in [-0.05, 0) is 112 Å². The van der Waals surface area contributed by atoms with Crippen molar-refractivity contribution in [2.24, 2.45) is 5.92 Å². The van der Waals surface area contributed by atoms with E-state index in [2.05, 4.69) is 51.6 Å². The predicted molar refractivity (Wildman–Crippen MR) is 305 cm³/mol. The van der Waals surface area contributed by atoms with Crippen molar-refractivity contribution in [2.45, 2.75) is 109 Å². The number of aromatic nitrogens is 2. The number of nitrogen functional groups attached to an aromatic ring is 1. The number of rotatable bonds is 16. The third-order valence-electron chi connectivity index (χ3n) is 14.9. The first-order valence-electron chi connectivity index (χ1n) is 28.0. The van der Waals surface area contributed by atoms with E-state index in [9.17, 15) is 46.0 Å². The lowest BCUT2D eigenvalue weighted by molar-refractivity contribution is -0.139. The van der Waals surface area contributed by atoms with Crippen molar-refractivity contribution in [3.8, 4) is 34.3 Å². The zero-order valence-electron chi connectivity index (χ0n) is 47.0. The maximum Gasteiger partial charge on any atom is 0.417 e. The lowest BCUT2D eigenvalue weighted by Crippen LogP contribution is -2.51. The molecule has 0 spiro atoms. The number of halogens is 7. The number of methoxy groups -OCH3 is 1. The van der Waals surface area contributed by atoms with Crippen molar-refractivity contribution < 1.29 is 54.6 Å². The fourth-order valence-corrected chi connectivity index (χ4v) is 11.9. The van der Waals surface area contributed by atoms with Crippen LogP contribution in [0, 0.1) is 40.5 Å². The zero-order valence-corrected chi connectivity index (χ0v) is 47.9. The number of likely N-dealkylation sites (tertiary alicyclic amines) is 2. The second kappa shape index (κ2) is 27.5. The number of carbonyl (C=O) groups excluding carboxylic acids is 3. The molecule has 4 aromatic carbocycles. The number of carbonyl (C=O) groups is 3. The van der Waals surface area contributed by atoms with Gasteiger partial charge in [-0.3, -0.25) is 14.4 Å². The molecule has 444 valence electrons. The number of nitrogens with one attached hydrogen (secondary N) is 3. The number of nitrogens with zero attached hydrogens (tertiary/aromatic N) is 6. The second-order valence-corrected chi connectivity index (χ2v) is 22.9. The van der Waals surface area contributed by atoms with Gasteiger partial charge in [0.2, 0.25) is 17.7 Å². The highest BCUT2D eigenvalue weighted by Crippen LogP contribution is 2.48. The normalized spacial score (nSPS) is 18.1. The molecule has 2 aromatic heterocycles. The summed E-state index contributed by atoms with van der Waals surface area (Å²) in [5.74, 6) is -3.20. The van der Waals surface area contributed by atoms with E-state index in [-0.39, 0.29) is 103 Å². The molecule has 3 amide bonds. The Morgan fingerprint density at radius 3 is 2.19 bits per heavy atom. The van der Waals surface area contributed by atoms with Crippen LogP contribution in [0.3, 0.4) is 0 Å². The van der Waals surface area contributed by atoms with E-state index < -0.39 is 46.6 Å². The summed E-state index contributed by atoms with van der Waals surface area (Å²) in [5.41, 5.74) is 3.89. The quantitative estimate of drug-likeness (QED) is 0.0531. The van der Waals surface area contributed by atoms with Crippen molar-refractivity contribution in [1.29, 1.82) is 5.26 Å². The van der Waals surface area contributed by atoms with Crippen molar-refractivity contribution >= 4 is 60.9 Å². The van der Waals surface area contributed by atoms with Gasteiger partial charge in [-0.25, -0.2) is 17.6 Å². The zero-order chi connectivity index (χ0) is 59.7. The molecule has 0 radical (unpaired) electrons. The van der Waals surface area contributed by atoms with Crippen LogP contribution in [-0.2, 0) is 25.3 Å². The summed E-state index contributed by atoms with van der Waals surface area (Å²) in [4.78, 5) is 52.2. The Morgan fingerprint density at radius 2 is 1.55 bits per heavy atom. The SMILES string of the molecule is CC(C)C.CC(NC(=O)C1CCCN1C(=O)CNC(=O)CCOCCCN1CCCC1)c1ccc(-c2c(F)cccc2F)cc1.COc1nc(N2CC3CCC(C2)N3)c2cc(C(F)(F)F)c(-c3ccc(F)c4sc(N)c(C#N)c34)c(F)c2n1. The average Bonchev–Trinajstić information content (AvgIpc) is 2.48. The highest BCUT2D eigenvalue weighted by atomic mass is 32.1. The van der Waals surface area contributed by atoms with E-state index in [4.69, 9.17) is 15.2 Å². The van der Waals surface area contributed by atoms with Crippen LogP contribution in [-0.4, -0.2) is 122 Å². The number of hydrogen-bond donors (Lipinski definition) is 4. The summed E-state index contributed by atoms with van der Waals surface area (Å²) in [5, 5.41) is 18.3. The molecule has 10 rings (SSSR count). The van der Waals surface area contributed by atoms with Gasteiger partial charge in [0.05, 0.1) is 47.7 Å². The minimum Gasteiger partial charge on any atom is -0.467 e. The van der Waals surface area contributed by atoms with E-state index in [0.717, 1.165) is 68.6 Å². The molecule has 0 aliphatic carbocycles. The lowest BCUT2D eigenvalue weighted by atomic mass is 9.92. The Labute approximate surface area is 481 Å². The Kier molecular flexibility index (Phi) is 20.5. The van der Waals surface area contributed by atoms with Gasteiger partial charge in [-0.15, -0.1) is 11.3 Å². The number of fused-ring (bicyclic) bond motifs is 4. The first kappa shape index (κ1) is 61.9. The maximum atomic E-state index is 16.4. The number of hydrogen-bond acceptors (Lipinski definition) is 13. The molecule has 5 N–H and O–H groups in total. The number of amides is 3. The number of thiophene rings is 1. The Bertz CT molecular complexity index is 3300. The smallest absolute Gasteiger partial charge is 0.417 e. The van der Waals surface area contributed by atoms with Crippen molar-refractivity contribution in [2.75, 3.05) is 76.8 Å². The second-order valence-electron chi connectivity index (χ2n) is 21.8. The summed E-state index contributed by atoms with van der Waals surface area (Å²) in [6, 6.07) is 14.1. The molecule has 4 aliphatic heterocycles. The van der Waals surface area contributed by atoms with Crippen LogP contribution in [0.1, 0.15) is 102 Å². The summed E-state index contributed by atoms with van der Waals surface area (Å²) in [7, 11) is 1.28. The third kappa shape index (κ3) is 14.8. The number of nitriles is 1. The van der Waals surface area contributed by atoms with Crippen molar-refractivity contribution in [3.63, 3.8) is 0 Å². The number of alkyl halides is 3. The highest BCUT2D eigenvalue weighted by Gasteiger charge is 2.40. The standard InChI is InChI=1S/C31H40F2N4O4.C25H19F5N6OS.C4H10/c1-22(23-10-12-24(13-11-23)30-25(32)7-4-8-26(30)33)35-31(40)27-9-5-18-37(27)29(39)21-34-28(38)14-20-41-19-6-17-36-15-2-3-16-36;1-37-24-34-20-13(23(35-24)36-8-10-2-3-11(9-36)33-10)6-15(25(28,29)30)18(19(20)27)12-4-5-16(26)21-17(12)14(7-31)22(32)38-21;1-4(2)3/h4,7-8,10-13,22,27H,2-3,5-6,9,14-21H2,1H3,(H,34,38)(H,35,40);4-6,10-11,33H,2-3,8-9,32H2,1H3;4H,1-3H3. The average molecular weight is 1180 g/mol. The number of anilines is 2. The molecule has 4 saturated heterocycles. The molecular weight excluding hydrogens is 1110 g/mol. The maximum absolute atomic E-state index is 16.4. The summed E-state index contributed by atoms with van der Waals surface area (Å²) in [6.07, 6.45) is 1.71. The van der Waals surface area contributed by atoms with Crippen molar-refractivity contribution in [3.05, 3.63) is 101 Å². The molecule has 4 atom stereocenters. The number of nitrogens with two attached hydrogens (primary N) is 1. The van der Waals surface area contributed by atoms with Crippen LogP contribution in [0.25, 0.3) is 43.2 Å². The van der Waals surface area contributed by atoms with Gasteiger partial charge < -0.3 is 45.9 Å². The fourth-order valence-electron chi connectivity index (χ4n) is 11.0. The van der Waals surface area contributed by atoms with Crippen LogP contribution in [0.4, 0.5) is 41.6 Å². The third-order valence-corrected chi connectivity index (χ3v) is 15.9. The Hall–Kier alpha value is -7.13. The predicted octanol–water partition coefficient (Wildman–Crippen LogP) is 10.7. The summed E-state index contributed by atoms with van der Waals surface area (Å²) < 4.78 is 113. The minimum atomic E-state index is -5.00. The van der Waals surface area contributed by atoms with E-state index in [1.54, 1.807) is 24.3 Å². The van der Waals surface area contributed by atoms with Gasteiger partial charge in [0.15, 0.2) is 5.82 Å². The Morgan fingerprint density at radius 1 is 0.880 bits per heavy atom. The van der Waals surface area contributed by atoms with Gasteiger partial charge in [0.1, 0.15) is 45.9 Å². The number of benzene rings is 4. The van der Waals surface area contributed by atoms with Gasteiger partial charge in [0.25, 0.3) is 0 Å². The van der Waals surface area contributed by atoms with Gasteiger partial charge in [-0.2, -0.15) is 28.4 Å². The summed E-state index contributed by atoms with van der Waals surface area (Å²) in [6.45, 7) is 13.8. The van der Waals surface area contributed by atoms with E-state index in [1.165, 1.54) is 43.1 Å². The molecule has 15 nitrogen and oxygen atoms in total. The summed E-state index contributed by atoms with van der Waals surface area (Å²) >= 11 is 0.714.